The van der Waals surface area contributed by atoms with Gasteiger partial charge in [-0.2, -0.15) is 15.6 Å². The third kappa shape index (κ3) is 1.01. The summed E-state index contributed by atoms with van der Waals surface area (Å²) in [5.41, 5.74) is 6.69. The molecule has 0 aromatic carbocycles. The Morgan fingerprint density at radius 1 is 1.42 bits per heavy atom. The summed E-state index contributed by atoms with van der Waals surface area (Å²) in [6.45, 7) is 1.96. The van der Waals surface area contributed by atoms with E-state index >= 15 is 0 Å². The standard InChI is InChI=1S/C8H9N4/c1-6-7(5-12(2)11-6)8-3-4-9-10-8/h3-5H,1-2H3. The Morgan fingerprint density at radius 2 is 2.25 bits per heavy atom. The van der Waals surface area contributed by atoms with Gasteiger partial charge in [-0.25, -0.2) is 0 Å². The predicted octanol–water partition coefficient (Wildman–Crippen LogP) is 0.564. The normalized spacial score (nSPS) is 14.7. The van der Waals surface area contributed by atoms with Gasteiger partial charge in [-0.15, -0.1) is 0 Å². The molecule has 2 heterocycles. The topological polar surface area (TPSA) is 44.3 Å². The molecule has 0 N–H and O–H groups in total. The van der Waals surface area contributed by atoms with Crippen LogP contribution >= 0.6 is 0 Å². The number of rotatable bonds is 1. The molecular formula is C8H9N4. The highest BCUT2D eigenvalue weighted by atomic mass is 15.3. The van der Waals surface area contributed by atoms with Crippen LogP contribution in [0.4, 0.5) is 0 Å². The van der Waals surface area contributed by atoms with Crippen LogP contribution in [0.25, 0.3) is 0 Å². The molecule has 0 bridgehead atoms. The smallest absolute Gasteiger partial charge is 0.0979 e. The van der Waals surface area contributed by atoms with Gasteiger partial charge in [-0.3, -0.25) is 4.68 Å². The van der Waals surface area contributed by atoms with Crippen molar-refractivity contribution in [1.82, 2.24) is 15.2 Å². The van der Waals surface area contributed by atoms with Crippen LogP contribution < -0.4 is 5.43 Å². The molecule has 61 valence electrons. The Kier molecular flexibility index (Phi) is 1.46. The molecular weight excluding hydrogens is 152 g/mol. The molecule has 2 rings (SSSR count). The first-order valence-electron chi connectivity index (χ1n) is 3.72. The summed E-state index contributed by atoms with van der Waals surface area (Å²) >= 11 is 0. The lowest BCUT2D eigenvalue weighted by molar-refractivity contribution is 0.756. The first-order chi connectivity index (χ1) is 5.77. The van der Waals surface area contributed by atoms with Crippen molar-refractivity contribution >= 4 is 5.71 Å². The van der Waals surface area contributed by atoms with Gasteiger partial charge >= 0.3 is 0 Å². The van der Waals surface area contributed by atoms with Crippen LogP contribution in [-0.2, 0) is 7.05 Å². The zero-order valence-corrected chi connectivity index (χ0v) is 7.02. The molecule has 1 aromatic heterocycles. The zero-order chi connectivity index (χ0) is 8.55. The molecule has 0 saturated carbocycles. The van der Waals surface area contributed by atoms with Gasteiger partial charge in [-0.1, -0.05) is 0 Å². The molecule has 0 aliphatic carbocycles. The predicted molar refractivity (Wildman–Crippen MR) is 45.8 cm³/mol. The molecule has 12 heavy (non-hydrogen) atoms. The van der Waals surface area contributed by atoms with Crippen LogP contribution in [0.2, 0.25) is 0 Å². The highest BCUT2D eigenvalue weighted by Crippen LogP contribution is 2.09. The van der Waals surface area contributed by atoms with Crippen molar-refractivity contribution < 1.29 is 0 Å². The van der Waals surface area contributed by atoms with Crippen molar-refractivity contribution in [2.24, 2.45) is 12.1 Å². The number of allylic oxidation sites excluding steroid dienone is 1. The summed E-state index contributed by atoms with van der Waals surface area (Å²) in [7, 11) is 1.90. The summed E-state index contributed by atoms with van der Waals surface area (Å²) in [6.07, 6.45) is 5.51. The van der Waals surface area contributed by atoms with Gasteiger partial charge in [0.15, 0.2) is 0 Å². The van der Waals surface area contributed by atoms with Crippen LogP contribution in [0.5, 0.6) is 0 Å². The lowest BCUT2D eigenvalue weighted by Crippen LogP contribution is -1.94. The zero-order valence-electron chi connectivity index (χ0n) is 7.02. The van der Waals surface area contributed by atoms with Gasteiger partial charge in [0.05, 0.1) is 17.6 Å². The molecule has 4 nitrogen and oxygen atoms in total. The molecule has 0 saturated heterocycles. The summed E-state index contributed by atoms with van der Waals surface area (Å²) in [6, 6.07) is 0. The van der Waals surface area contributed by atoms with E-state index in [0.29, 0.717) is 0 Å². The highest BCUT2D eigenvalue weighted by molar-refractivity contribution is 6.09. The highest BCUT2D eigenvalue weighted by Gasteiger charge is 2.10. The first-order valence-corrected chi connectivity index (χ1v) is 3.72. The maximum Gasteiger partial charge on any atom is 0.0979 e. The maximum atomic E-state index is 4.22. The van der Waals surface area contributed by atoms with Crippen molar-refractivity contribution in [3.05, 3.63) is 29.7 Å². The summed E-state index contributed by atoms with van der Waals surface area (Å²) in [5, 5.41) is 8.17. The van der Waals surface area contributed by atoms with E-state index in [0.717, 1.165) is 17.0 Å². The van der Waals surface area contributed by atoms with Crippen molar-refractivity contribution in [2.45, 2.75) is 6.92 Å². The second-order valence-electron chi connectivity index (χ2n) is 2.72. The van der Waals surface area contributed by atoms with Crippen molar-refractivity contribution in [3.8, 4) is 0 Å². The van der Waals surface area contributed by atoms with E-state index in [1.54, 1.807) is 10.9 Å². The third-order valence-corrected chi connectivity index (χ3v) is 1.75. The van der Waals surface area contributed by atoms with Gasteiger partial charge < -0.3 is 0 Å². The van der Waals surface area contributed by atoms with E-state index in [4.69, 9.17) is 0 Å². The molecule has 0 fully saturated rings. The fourth-order valence-electron chi connectivity index (χ4n) is 1.23. The van der Waals surface area contributed by atoms with E-state index in [1.165, 1.54) is 0 Å². The minimum atomic E-state index is 0.889. The quantitative estimate of drug-likeness (QED) is 0.593. The van der Waals surface area contributed by atoms with Gasteiger partial charge in [-0.05, 0) is 13.0 Å². The molecule has 0 unspecified atom stereocenters. The van der Waals surface area contributed by atoms with Crippen molar-refractivity contribution in [1.29, 1.82) is 0 Å². The van der Waals surface area contributed by atoms with E-state index in [2.05, 4.69) is 15.6 Å². The number of hydrogen-bond donors (Lipinski definition) is 0. The summed E-state index contributed by atoms with van der Waals surface area (Å²) < 4.78 is 1.78. The van der Waals surface area contributed by atoms with Crippen LogP contribution in [0, 0.1) is 6.92 Å². The van der Waals surface area contributed by atoms with Crippen LogP contribution in [0.15, 0.2) is 23.6 Å². The molecule has 4 heteroatoms. The Bertz CT molecular complexity index is 359. The second-order valence-corrected chi connectivity index (χ2v) is 2.72. The minimum Gasteiger partial charge on any atom is -0.275 e. The molecule has 1 radical (unpaired) electrons. The Balaban J connectivity index is 2.45. The van der Waals surface area contributed by atoms with Gasteiger partial charge in [0.2, 0.25) is 0 Å². The van der Waals surface area contributed by atoms with Crippen LogP contribution in [-0.4, -0.2) is 15.5 Å². The van der Waals surface area contributed by atoms with Gasteiger partial charge in [0.1, 0.15) is 0 Å². The first kappa shape index (κ1) is 7.09. The average Bonchev–Trinajstić information content (AvgIpc) is 2.58. The van der Waals surface area contributed by atoms with Crippen LogP contribution in [0.1, 0.15) is 11.3 Å². The number of hydrogen-bond acceptors (Lipinski definition) is 2. The van der Waals surface area contributed by atoms with Crippen molar-refractivity contribution in [3.63, 3.8) is 0 Å². The number of aryl methyl sites for hydroxylation is 2. The second kappa shape index (κ2) is 2.48. The lowest BCUT2D eigenvalue weighted by Gasteiger charge is -1.90. The van der Waals surface area contributed by atoms with Crippen molar-refractivity contribution in [2.75, 3.05) is 0 Å². The molecule has 1 aromatic rings. The lowest BCUT2D eigenvalue weighted by atomic mass is 10.1. The SMILES string of the molecule is Cc1nn(C)cc1C1=N[N]C=C1. The molecule has 0 atom stereocenters. The Labute approximate surface area is 70.6 Å². The molecule has 0 spiro atoms. The molecule has 1 aliphatic rings. The molecule has 1 aliphatic heterocycles. The fraction of sp³-hybridized carbons (Fsp3) is 0.250. The number of aromatic nitrogens is 2. The average molecular weight is 161 g/mol. The Morgan fingerprint density at radius 3 is 2.75 bits per heavy atom. The maximum absolute atomic E-state index is 4.22. The largest absolute Gasteiger partial charge is 0.275 e. The summed E-state index contributed by atoms with van der Waals surface area (Å²) in [5.74, 6) is 0. The summed E-state index contributed by atoms with van der Waals surface area (Å²) in [4.78, 5) is 0. The monoisotopic (exact) mass is 161 g/mol. The van der Waals surface area contributed by atoms with E-state index < -0.39 is 0 Å². The fourth-order valence-corrected chi connectivity index (χ4v) is 1.23. The van der Waals surface area contributed by atoms with E-state index in [9.17, 15) is 0 Å². The van der Waals surface area contributed by atoms with E-state index in [-0.39, 0.29) is 0 Å². The number of nitrogens with zero attached hydrogens (tertiary/aromatic N) is 4. The van der Waals surface area contributed by atoms with Gasteiger partial charge in [0, 0.05) is 18.8 Å². The van der Waals surface area contributed by atoms with Gasteiger partial charge in [0.25, 0.3) is 0 Å². The minimum absolute atomic E-state index is 0.889. The van der Waals surface area contributed by atoms with Crippen LogP contribution in [0.3, 0.4) is 0 Å². The molecule has 0 amide bonds. The van der Waals surface area contributed by atoms with E-state index in [1.807, 2.05) is 26.2 Å². The Hall–Kier alpha value is -1.58. The third-order valence-electron chi connectivity index (χ3n) is 1.75.